The van der Waals surface area contributed by atoms with Crippen LogP contribution in [0.4, 0.5) is 5.69 Å². The number of para-hydroxylation sites is 1. The number of carbonyl (C=O) groups is 2. The van der Waals surface area contributed by atoms with Crippen molar-refractivity contribution in [2.75, 3.05) is 5.32 Å². The van der Waals surface area contributed by atoms with E-state index in [0.29, 0.717) is 35.6 Å². The highest BCUT2D eigenvalue weighted by Crippen LogP contribution is 2.27. The summed E-state index contributed by atoms with van der Waals surface area (Å²) in [5.41, 5.74) is 7.36. The number of amides is 2. The maximum atomic E-state index is 12.5. The summed E-state index contributed by atoms with van der Waals surface area (Å²) in [6.45, 7) is 0. The highest BCUT2D eigenvalue weighted by atomic mass is 16.5. The van der Waals surface area contributed by atoms with E-state index in [9.17, 15) is 9.59 Å². The maximum absolute atomic E-state index is 12.5. The molecule has 0 saturated carbocycles. The largest absolute Gasteiger partial charge is 0.457 e. The van der Waals surface area contributed by atoms with Crippen molar-refractivity contribution in [3.63, 3.8) is 0 Å². The minimum Gasteiger partial charge on any atom is -0.457 e. The molecule has 150 valence electrons. The van der Waals surface area contributed by atoms with Crippen LogP contribution in [0.25, 0.3) is 0 Å². The van der Waals surface area contributed by atoms with E-state index in [-0.39, 0.29) is 11.8 Å². The van der Waals surface area contributed by atoms with Gasteiger partial charge in [0.25, 0.3) is 5.91 Å². The zero-order valence-corrected chi connectivity index (χ0v) is 16.4. The summed E-state index contributed by atoms with van der Waals surface area (Å²) in [6.07, 6.45) is 6.26. The fourth-order valence-corrected chi connectivity index (χ4v) is 3.10. The lowest BCUT2D eigenvalue weighted by atomic mass is 9.92. The SMILES string of the molecule is C#CCC(CC(=O)Nc1ccc(Oc2ccccc2C(N)=O)cc1)c1ccccc1. The Bertz CT molecular complexity index is 1050. The van der Waals surface area contributed by atoms with Crippen LogP contribution >= 0.6 is 0 Å². The summed E-state index contributed by atoms with van der Waals surface area (Å²) in [5.74, 6) is 2.83. The summed E-state index contributed by atoms with van der Waals surface area (Å²) in [5, 5.41) is 2.88. The molecule has 0 aromatic heterocycles. The molecule has 0 radical (unpaired) electrons. The number of carbonyl (C=O) groups excluding carboxylic acids is 2. The molecule has 3 aromatic rings. The Kier molecular flexibility index (Phi) is 6.86. The molecule has 30 heavy (non-hydrogen) atoms. The fraction of sp³-hybridized carbons (Fsp3) is 0.120. The molecule has 0 aliphatic heterocycles. The average Bonchev–Trinajstić information content (AvgIpc) is 2.76. The van der Waals surface area contributed by atoms with Gasteiger partial charge in [-0.25, -0.2) is 0 Å². The van der Waals surface area contributed by atoms with E-state index < -0.39 is 5.91 Å². The predicted octanol–water partition coefficient (Wildman–Crippen LogP) is 4.71. The third-order valence-electron chi connectivity index (χ3n) is 4.59. The first kappa shape index (κ1) is 20.7. The first-order valence-electron chi connectivity index (χ1n) is 9.52. The molecule has 0 spiro atoms. The topological polar surface area (TPSA) is 81.4 Å². The lowest BCUT2D eigenvalue weighted by molar-refractivity contribution is -0.116. The summed E-state index contributed by atoms with van der Waals surface area (Å²) in [4.78, 5) is 24.0. The predicted molar refractivity (Wildman–Crippen MR) is 117 cm³/mol. The quantitative estimate of drug-likeness (QED) is 0.539. The van der Waals surface area contributed by atoms with E-state index in [0.717, 1.165) is 5.56 Å². The van der Waals surface area contributed by atoms with Gasteiger partial charge in [-0.15, -0.1) is 12.3 Å². The van der Waals surface area contributed by atoms with Crippen molar-refractivity contribution >= 4 is 17.5 Å². The number of terminal acetylenes is 1. The second-order valence-corrected chi connectivity index (χ2v) is 6.76. The third kappa shape index (κ3) is 5.49. The van der Waals surface area contributed by atoms with Crippen LogP contribution in [0.5, 0.6) is 11.5 Å². The number of ether oxygens (including phenoxy) is 1. The molecular formula is C25H22N2O3. The van der Waals surface area contributed by atoms with E-state index in [1.54, 1.807) is 48.5 Å². The van der Waals surface area contributed by atoms with Crippen LogP contribution in [0.3, 0.4) is 0 Å². The molecule has 5 nitrogen and oxygen atoms in total. The molecular weight excluding hydrogens is 376 g/mol. The Morgan fingerprint density at radius 1 is 0.967 bits per heavy atom. The zero-order valence-electron chi connectivity index (χ0n) is 16.4. The Morgan fingerprint density at radius 2 is 1.63 bits per heavy atom. The Morgan fingerprint density at radius 3 is 2.30 bits per heavy atom. The molecule has 0 heterocycles. The van der Waals surface area contributed by atoms with Crippen LogP contribution in [0.15, 0.2) is 78.9 Å². The van der Waals surface area contributed by atoms with Crippen LogP contribution in [0.1, 0.15) is 34.7 Å². The monoisotopic (exact) mass is 398 g/mol. The Balaban J connectivity index is 1.63. The van der Waals surface area contributed by atoms with Crippen LogP contribution in [-0.2, 0) is 4.79 Å². The van der Waals surface area contributed by atoms with Crippen molar-refractivity contribution in [1.82, 2.24) is 0 Å². The van der Waals surface area contributed by atoms with Crippen molar-refractivity contribution in [1.29, 1.82) is 0 Å². The standard InChI is InChI=1S/C25H22N2O3/c1-2-8-19(18-9-4-3-5-10-18)17-24(28)27-20-13-15-21(16-14-20)30-23-12-7-6-11-22(23)25(26)29/h1,3-7,9-16,19H,8,17H2,(H2,26,29)(H,27,28). The van der Waals surface area contributed by atoms with Crippen molar-refractivity contribution in [3.8, 4) is 23.8 Å². The minimum atomic E-state index is -0.561. The highest BCUT2D eigenvalue weighted by molar-refractivity contribution is 5.95. The minimum absolute atomic E-state index is 0.0379. The van der Waals surface area contributed by atoms with E-state index in [1.807, 2.05) is 30.3 Å². The number of hydrogen-bond acceptors (Lipinski definition) is 3. The smallest absolute Gasteiger partial charge is 0.252 e. The lowest BCUT2D eigenvalue weighted by Crippen LogP contribution is -2.15. The number of nitrogens with one attached hydrogen (secondary N) is 1. The van der Waals surface area contributed by atoms with Crippen LogP contribution in [0.2, 0.25) is 0 Å². The number of anilines is 1. The van der Waals surface area contributed by atoms with Crippen molar-refractivity contribution in [2.45, 2.75) is 18.8 Å². The van der Waals surface area contributed by atoms with Gasteiger partial charge >= 0.3 is 0 Å². The Labute approximate surface area is 175 Å². The highest BCUT2D eigenvalue weighted by Gasteiger charge is 2.15. The first-order valence-corrected chi connectivity index (χ1v) is 9.52. The second-order valence-electron chi connectivity index (χ2n) is 6.76. The van der Waals surface area contributed by atoms with Gasteiger partial charge in [-0.3, -0.25) is 9.59 Å². The van der Waals surface area contributed by atoms with Gasteiger partial charge in [-0.1, -0.05) is 42.5 Å². The molecule has 0 aliphatic rings. The lowest BCUT2D eigenvalue weighted by Gasteiger charge is -2.15. The summed E-state index contributed by atoms with van der Waals surface area (Å²) in [7, 11) is 0. The van der Waals surface area contributed by atoms with Gasteiger partial charge in [-0.2, -0.15) is 0 Å². The molecule has 0 fully saturated rings. The maximum Gasteiger partial charge on any atom is 0.252 e. The van der Waals surface area contributed by atoms with Crippen LogP contribution in [-0.4, -0.2) is 11.8 Å². The molecule has 5 heteroatoms. The second kappa shape index (κ2) is 9.94. The number of rotatable bonds is 8. The summed E-state index contributed by atoms with van der Waals surface area (Å²) < 4.78 is 5.75. The van der Waals surface area contributed by atoms with E-state index in [1.165, 1.54) is 0 Å². The molecule has 1 atom stereocenters. The molecule has 3 N–H and O–H groups in total. The molecule has 2 amide bonds. The van der Waals surface area contributed by atoms with Gasteiger partial charge in [0.15, 0.2) is 0 Å². The van der Waals surface area contributed by atoms with Gasteiger partial charge in [0, 0.05) is 24.4 Å². The van der Waals surface area contributed by atoms with Crippen LogP contribution in [0, 0.1) is 12.3 Å². The Hall–Kier alpha value is -4.04. The van der Waals surface area contributed by atoms with E-state index in [4.69, 9.17) is 16.9 Å². The number of hydrogen-bond donors (Lipinski definition) is 2. The van der Waals surface area contributed by atoms with Crippen molar-refractivity contribution < 1.29 is 14.3 Å². The fourth-order valence-electron chi connectivity index (χ4n) is 3.10. The van der Waals surface area contributed by atoms with Gasteiger partial charge < -0.3 is 15.8 Å². The van der Waals surface area contributed by atoms with Crippen molar-refractivity contribution in [2.24, 2.45) is 5.73 Å². The first-order chi connectivity index (χ1) is 14.6. The average molecular weight is 398 g/mol. The molecule has 1 unspecified atom stereocenters. The molecule has 0 aliphatic carbocycles. The third-order valence-corrected chi connectivity index (χ3v) is 4.59. The number of benzene rings is 3. The summed E-state index contributed by atoms with van der Waals surface area (Å²) >= 11 is 0. The van der Waals surface area contributed by atoms with E-state index >= 15 is 0 Å². The number of primary amides is 1. The zero-order chi connectivity index (χ0) is 21.3. The van der Waals surface area contributed by atoms with Gasteiger partial charge in [0.1, 0.15) is 11.5 Å². The summed E-state index contributed by atoms with van der Waals surface area (Å²) in [6, 6.07) is 23.4. The van der Waals surface area contributed by atoms with Gasteiger partial charge in [-0.05, 0) is 42.0 Å². The molecule has 3 aromatic carbocycles. The van der Waals surface area contributed by atoms with E-state index in [2.05, 4.69) is 11.2 Å². The van der Waals surface area contributed by atoms with Gasteiger partial charge in [0.2, 0.25) is 5.91 Å². The molecule has 0 bridgehead atoms. The van der Waals surface area contributed by atoms with Crippen molar-refractivity contribution in [3.05, 3.63) is 90.0 Å². The molecule has 0 saturated heterocycles. The van der Waals surface area contributed by atoms with Crippen LogP contribution < -0.4 is 15.8 Å². The van der Waals surface area contributed by atoms with Gasteiger partial charge in [0.05, 0.1) is 5.56 Å². The molecule has 3 rings (SSSR count). The normalized spacial score (nSPS) is 11.2. The number of nitrogens with two attached hydrogens (primary N) is 1.